The van der Waals surface area contributed by atoms with E-state index in [0.29, 0.717) is 20.0 Å². The molecule has 0 atom stereocenters. The van der Waals surface area contributed by atoms with Gasteiger partial charge in [0.2, 0.25) is 0 Å². The number of hydrogen-bond donors (Lipinski definition) is 2. The Morgan fingerprint density at radius 2 is 1.80 bits per heavy atom. The number of sulfonamides is 1. The van der Waals surface area contributed by atoms with Crippen LogP contribution in [0.5, 0.6) is 0 Å². The number of benzene rings is 2. The van der Waals surface area contributed by atoms with Gasteiger partial charge in [0.15, 0.2) is 0 Å². The molecule has 0 saturated carbocycles. The Morgan fingerprint density at radius 3 is 2.40 bits per heavy atom. The van der Waals surface area contributed by atoms with Gasteiger partial charge in [-0.05, 0) is 59.0 Å². The molecule has 4 nitrogen and oxygen atoms in total. The first-order chi connectivity index (χ1) is 9.29. The molecular formula is C12H9Cl2IN2O2S. The van der Waals surface area contributed by atoms with Crippen LogP contribution >= 0.6 is 45.8 Å². The van der Waals surface area contributed by atoms with Gasteiger partial charge in [-0.15, -0.1) is 0 Å². The third-order valence-corrected chi connectivity index (χ3v) is 5.28. The van der Waals surface area contributed by atoms with E-state index in [1.165, 1.54) is 18.2 Å². The molecule has 2 aromatic carbocycles. The summed E-state index contributed by atoms with van der Waals surface area (Å²) in [6, 6.07) is 9.02. The van der Waals surface area contributed by atoms with Crippen LogP contribution in [0.25, 0.3) is 0 Å². The van der Waals surface area contributed by atoms with Gasteiger partial charge >= 0.3 is 0 Å². The van der Waals surface area contributed by atoms with E-state index in [9.17, 15) is 8.42 Å². The van der Waals surface area contributed by atoms with E-state index in [4.69, 9.17) is 28.9 Å². The van der Waals surface area contributed by atoms with Crippen molar-refractivity contribution in [3.8, 4) is 0 Å². The fraction of sp³-hybridized carbons (Fsp3) is 0. The van der Waals surface area contributed by atoms with Gasteiger partial charge in [0.05, 0.1) is 21.3 Å². The molecule has 0 spiro atoms. The van der Waals surface area contributed by atoms with E-state index in [2.05, 4.69) is 4.72 Å². The van der Waals surface area contributed by atoms with Crippen molar-refractivity contribution in [2.75, 3.05) is 10.5 Å². The summed E-state index contributed by atoms with van der Waals surface area (Å²) >= 11 is 13.7. The first-order valence-electron chi connectivity index (χ1n) is 5.32. The SMILES string of the molecule is Nc1ccc(S(=O)(=O)Nc2ccc(Cl)cc2I)cc1Cl. The van der Waals surface area contributed by atoms with Crippen molar-refractivity contribution in [3.63, 3.8) is 0 Å². The number of nitrogens with two attached hydrogens (primary N) is 1. The monoisotopic (exact) mass is 442 g/mol. The number of halogens is 3. The molecule has 0 aliphatic heterocycles. The minimum atomic E-state index is -3.73. The minimum absolute atomic E-state index is 0.0439. The molecule has 2 aromatic rings. The summed E-state index contributed by atoms with van der Waals surface area (Å²) in [4.78, 5) is 0.0439. The third kappa shape index (κ3) is 3.49. The van der Waals surface area contributed by atoms with Crippen LogP contribution in [-0.2, 0) is 10.0 Å². The van der Waals surface area contributed by atoms with Gasteiger partial charge in [0, 0.05) is 8.59 Å². The average Bonchev–Trinajstić information content (AvgIpc) is 2.36. The predicted octanol–water partition coefficient (Wildman–Crippen LogP) is 3.98. The van der Waals surface area contributed by atoms with Crippen LogP contribution in [0.3, 0.4) is 0 Å². The molecule has 2 rings (SSSR count). The third-order valence-electron chi connectivity index (χ3n) is 2.46. The Hall–Kier alpha value is -0.700. The van der Waals surface area contributed by atoms with Crippen molar-refractivity contribution in [3.05, 3.63) is 50.0 Å². The second kappa shape index (κ2) is 5.97. The fourth-order valence-corrected chi connectivity index (χ4v) is 3.99. The molecule has 0 aromatic heterocycles. The van der Waals surface area contributed by atoms with E-state index in [0.717, 1.165) is 0 Å². The normalized spacial score (nSPS) is 11.3. The molecule has 0 radical (unpaired) electrons. The predicted molar refractivity (Wildman–Crippen MR) is 90.8 cm³/mol. The first-order valence-corrected chi connectivity index (χ1v) is 8.64. The summed E-state index contributed by atoms with van der Waals surface area (Å²) in [5.41, 5.74) is 6.34. The van der Waals surface area contributed by atoms with Crippen LogP contribution in [0.1, 0.15) is 0 Å². The highest BCUT2D eigenvalue weighted by Crippen LogP contribution is 2.27. The zero-order valence-electron chi connectivity index (χ0n) is 9.90. The van der Waals surface area contributed by atoms with Crippen LogP contribution in [0.4, 0.5) is 11.4 Å². The van der Waals surface area contributed by atoms with Crippen molar-refractivity contribution >= 4 is 67.2 Å². The van der Waals surface area contributed by atoms with Crippen molar-refractivity contribution in [2.24, 2.45) is 0 Å². The highest BCUT2D eigenvalue weighted by Gasteiger charge is 2.16. The van der Waals surface area contributed by atoms with Gasteiger partial charge in [0.25, 0.3) is 10.0 Å². The number of anilines is 2. The Labute approximate surface area is 140 Å². The summed E-state index contributed by atoms with van der Waals surface area (Å²) in [5, 5.41) is 0.728. The molecule has 106 valence electrons. The second-order valence-corrected chi connectivity index (χ2v) is 7.60. The molecule has 3 N–H and O–H groups in total. The molecule has 0 aliphatic carbocycles. The van der Waals surface area contributed by atoms with Gasteiger partial charge in [-0.3, -0.25) is 4.72 Å². The maximum atomic E-state index is 12.3. The maximum absolute atomic E-state index is 12.3. The van der Waals surface area contributed by atoms with Crippen molar-refractivity contribution in [2.45, 2.75) is 4.90 Å². The quantitative estimate of drug-likeness (QED) is 0.557. The molecule has 0 aliphatic rings. The van der Waals surface area contributed by atoms with E-state index in [1.807, 2.05) is 22.6 Å². The fourth-order valence-electron chi connectivity index (χ4n) is 1.45. The van der Waals surface area contributed by atoms with Crippen molar-refractivity contribution in [1.29, 1.82) is 0 Å². The Kier molecular flexibility index (Phi) is 4.68. The molecule has 0 unspecified atom stereocenters. The first kappa shape index (κ1) is 15.7. The molecule has 0 fully saturated rings. The summed E-state index contributed by atoms with van der Waals surface area (Å²) < 4.78 is 27.7. The molecule has 0 saturated heterocycles. The molecule has 0 heterocycles. The van der Waals surface area contributed by atoms with E-state index in [-0.39, 0.29) is 9.92 Å². The smallest absolute Gasteiger partial charge is 0.261 e. The second-order valence-electron chi connectivity index (χ2n) is 3.91. The molecule has 0 bridgehead atoms. The number of rotatable bonds is 3. The zero-order chi connectivity index (χ0) is 14.9. The van der Waals surface area contributed by atoms with Crippen LogP contribution in [0.2, 0.25) is 10.0 Å². The van der Waals surface area contributed by atoms with Gasteiger partial charge in [0.1, 0.15) is 0 Å². The lowest BCUT2D eigenvalue weighted by molar-refractivity contribution is 0.601. The average molecular weight is 443 g/mol. The number of nitrogens with one attached hydrogen (secondary N) is 1. The van der Waals surface area contributed by atoms with E-state index in [1.54, 1.807) is 18.2 Å². The lowest BCUT2D eigenvalue weighted by Crippen LogP contribution is -2.14. The van der Waals surface area contributed by atoms with Crippen LogP contribution < -0.4 is 10.5 Å². The molecule has 20 heavy (non-hydrogen) atoms. The summed E-state index contributed by atoms with van der Waals surface area (Å²) in [7, 11) is -3.73. The van der Waals surface area contributed by atoms with Gasteiger partial charge in [-0.2, -0.15) is 0 Å². The summed E-state index contributed by atoms with van der Waals surface area (Å²) in [5.74, 6) is 0. The molecule has 0 amide bonds. The summed E-state index contributed by atoms with van der Waals surface area (Å²) in [6.45, 7) is 0. The largest absolute Gasteiger partial charge is 0.398 e. The van der Waals surface area contributed by atoms with Gasteiger partial charge in [-0.1, -0.05) is 23.2 Å². The van der Waals surface area contributed by atoms with Gasteiger partial charge < -0.3 is 5.73 Å². The maximum Gasteiger partial charge on any atom is 0.261 e. The molecule has 8 heteroatoms. The van der Waals surface area contributed by atoms with Gasteiger partial charge in [-0.25, -0.2) is 8.42 Å². The number of nitrogen functional groups attached to an aromatic ring is 1. The van der Waals surface area contributed by atoms with E-state index < -0.39 is 10.0 Å². The zero-order valence-corrected chi connectivity index (χ0v) is 14.4. The van der Waals surface area contributed by atoms with Crippen LogP contribution in [-0.4, -0.2) is 8.42 Å². The summed E-state index contributed by atoms with van der Waals surface area (Å²) in [6.07, 6.45) is 0. The van der Waals surface area contributed by atoms with E-state index >= 15 is 0 Å². The standard InChI is InChI=1S/C12H9Cl2IN2O2S/c13-7-1-4-12(10(15)5-7)17-20(18,19)8-2-3-11(16)9(14)6-8/h1-6,17H,16H2. The minimum Gasteiger partial charge on any atom is -0.398 e. The van der Waals surface area contributed by atoms with Crippen LogP contribution in [0.15, 0.2) is 41.3 Å². The Bertz CT molecular complexity index is 766. The van der Waals surface area contributed by atoms with Crippen molar-refractivity contribution in [1.82, 2.24) is 0 Å². The number of hydrogen-bond acceptors (Lipinski definition) is 3. The Morgan fingerprint density at radius 1 is 1.10 bits per heavy atom. The Balaban J connectivity index is 2.38. The highest BCUT2D eigenvalue weighted by atomic mass is 127. The van der Waals surface area contributed by atoms with Crippen molar-refractivity contribution < 1.29 is 8.42 Å². The highest BCUT2D eigenvalue weighted by molar-refractivity contribution is 14.1. The molecular weight excluding hydrogens is 434 g/mol. The van der Waals surface area contributed by atoms with Crippen LogP contribution in [0, 0.1) is 3.57 Å². The lowest BCUT2D eigenvalue weighted by Gasteiger charge is -2.10. The lowest BCUT2D eigenvalue weighted by atomic mass is 10.3. The topological polar surface area (TPSA) is 72.2 Å².